The molecule has 5 heterocycles. The zero-order valence-electron chi connectivity index (χ0n) is 25.0. The Labute approximate surface area is 265 Å². The van der Waals surface area contributed by atoms with Crippen LogP contribution in [0.4, 0.5) is 10.2 Å². The lowest BCUT2D eigenvalue weighted by atomic mass is 9.95. The first-order chi connectivity index (χ1) is 21.8. The lowest BCUT2D eigenvalue weighted by molar-refractivity contribution is -0.126. The Morgan fingerprint density at radius 3 is 2.73 bits per heavy atom. The number of rotatable bonds is 7. The van der Waals surface area contributed by atoms with E-state index in [4.69, 9.17) is 21.3 Å². The summed E-state index contributed by atoms with van der Waals surface area (Å²) in [6.45, 7) is 6.40. The molecule has 0 bridgehead atoms. The number of fused-ring (bicyclic) bond motifs is 3. The van der Waals surface area contributed by atoms with Crippen LogP contribution in [0.15, 0.2) is 55.3 Å². The summed E-state index contributed by atoms with van der Waals surface area (Å²) >= 11 is 6.60. The number of pyridine rings is 1. The summed E-state index contributed by atoms with van der Waals surface area (Å²) in [6, 6.07) is 12.6. The molecule has 0 N–H and O–H groups in total. The Morgan fingerprint density at radius 1 is 1.24 bits per heavy atom. The molecule has 0 radical (unpaired) electrons. The number of hydrogen-bond acceptors (Lipinski definition) is 8. The number of anilines is 1. The van der Waals surface area contributed by atoms with E-state index in [0.717, 1.165) is 44.2 Å². The Bertz CT molecular complexity index is 1860. The molecule has 7 rings (SSSR count). The van der Waals surface area contributed by atoms with E-state index in [1.165, 1.54) is 11.0 Å². The standard InChI is InChI=1S/C34H33ClFN7O2/c1-3-27(44)43-19-23(16-22(43)17-37)41(2)32-25-18-38-30(24-10-4-8-21-9-5-11-26(35)28(21)24)29(36)31(25)39-33(40-32)45-20-34-12-6-14-42(34)15-7-13-34/h3-5,8-11,18,22-23H,1,6-7,12-16,19-20H2,2H3/t22-,23-/m1/s1. The molecule has 45 heavy (non-hydrogen) atoms. The van der Waals surface area contributed by atoms with Gasteiger partial charge in [-0.25, -0.2) is 4.39 Å². The number of likely N-dealkylation sites (tertiary alicyclic amines) is 1. The highest BCUT2D eigenvalue weighted by Crippen LogP contribution is 2.41. The summed E-state index contributed by atoms with van der Waals surface area (Å²) in [5.41, 5.74) is 0.718. The maximum Gasteiger partial charge on any atom is 0.319 e. The number of hydrogen-bond donors (Lipinski definition) is 0. The van der Waals surface area contributed by atoms with Crippen molar-refractivity contribution in [1.82, 2.24) is 24.8 Å². The maximum absolute atomic E-state index is 16.7. The van der Waals surface area contributed by atoms with E-state index in [-0.39, 0.29) is 34.7 Å². The lowest BCUT2D eigenvalue weighted by Crippen LogP contribution is -2.43. The summed E-state index contributed by atoms with van der Waals surface area (Å²) in [7, 11) is 1.83. The van der Waals surface area contributed by atoms with Crippen LogP contribution in [-0.4, -0.2) is 81.6 Å². The molecule has 2 atom stereocenters. The van der Waals surface area contributed by atoms with Crippen LogP contribution in [-0.2, 0) is 4.79 Å². The van der Waals surface area contributed by atoms with Crippen molar-refractivity contribution in [3.05, 3.63) is 66.1 Å². The van der Waals surface area contributed by atoms with E-state index in [2.05, 4.69) is 27.5 Å². The minimum atomic E-state index is -0.612. The molecule has 0 spiro atoms. The quantitative estimate of drug-likeness (QED) is 0.239. The fourth-order valence-electron chi connectivity index (χ4n) is 7.45. The minimum absolute atomic E-state index is 0.0525. The first-order valence-electron chi connectivity index (χ1n) is 15.3. The second-order valence-electron chi connectivity index (χ2n) is 12.2. The van der Waals surface area contributed by atoms with Gasteiger partial charge in [0.25, 0.3) is 0 Å². The summed E-state index contributed by atoms with van der Waals surface area (Å²) in [4.78, 5) is 32.4. The highest BCUT2D eigenvalue weighted by atomic mass is 35.5. The SMILES string of the molecule is C=CC(=O)N1C[C@H](N(C)c2nc(OCC34CCCN3CCC4)nc3c(F)c(-c4cccc5cccc(Cl)c45)ncc23)C[C@@H]1C#N. The number of ether oxygens (including phenoxy) is 1. The molecule has 2 aromatic carbocycles. The molecule has 11 heteroatoms. The molecule has 3 aliphatic rings. The highest BCUT2D eigenvalue weighted by molar-refractivity contribution is 6.36. The summed E-state index contributed by atoms with van der Waals surface area (Å²) in [6.07, 6.45) is 7.52. The topological polar surface area (TPSA) is 98.5 Å². The van der Waals surface area contributed by atoms with Crippen LogP contribution in [0.2, 0.25) is 5.02 Å². The van der Waals surface area contributed by atoms with E-state index in [9.17, 15) is 10.1 Å². The maximum atomic E-state index is 16.7. The fraction of sp³-hybridized carbons (Fsp3) is 0.382. The van der Waals surface area contributed by atoms with E-state index >= 15 is 4.39 Å². The third kappa shape index (κ3) is 4.95. The largest absolute Gasteiger partial charge is 0.461 e. The van der Waals surface area contributed by atoms with E-state index in [1.54, 1.807) is 18.3 Å². The second kappa shape index (κ2) is 11.5. The normalized spacial score (nSPS) is 20.8. The molecular formula is C34H33ClFN7O2. The van der Waals surface area contributed by atoms with Crippen molar-refractivity contribution < 1.29 is 13.9 Å². The van der Waals surface area contributed by atoms with Gasteiger partial charge >= 0.3 is 6.01 Å². The number of carbonyl (C=O) groups excluding carboxylic acids is 1. The fourth-order valence-corrected chi connectivity index (χ4v) is 7.73. The van der Waals surface area contributed by atoms with Crippen LogP contribution < -0.4 is 9.64 Å². The van der Waals surface area contributed by atoms with Gasteiger partial charge in [-0.2, -0.15) is 15.2 Å². The number of carbonyl (C=O) groups is 1. The van der Waals surface area contributed by atoms with Crippen molar-refractivity contribution in [3.8, 4) is 23.3 Å². The highest BCUT2D eigenvalue weighted by Gasteiger charge is 2.45. The number of aromatic nitrogens is 3. The van der Waals surface area contributed by atoms with Gasteiger partial charge in [0.1, 0.15) is 29.7 Å². The number of nitriles is 1. The lowest BCUT2D eigenvalue weighted by Gasteiger charge is -2.31. The first kappa shape index (κ1) is 29.4. The zero-order valence-corrected chi connectivity index (χ0v) is 25.8. The van der Waals surface area contributed by atoms with Gasteiger partial charge in [-0.1, -0.05) is 48.5 Å². The van der Waals surface area contributed by atoms with Crippen molar-refractivity contribution in [2.45, 2.75) is 49.7 Å². The molecular weight excluding hydrogens is 593 g/mol. The number of amides is 1. The van der Waals surface area contributed by atoms with Crippen molar-refractivity contribution in [2.24, 2.45) is 0 Å². The van der Waals surface area contributed by atoms with Crippen LogP contribution in [0.5, 0.6) is 6.01 Å². The Balaban J connectivity index is 1.33. The Kier molecular flexibility index (Phi) is 7.54. The Morgan fingerprint density at radius 2 is 2.00 bits per heavy atom. The second-order valence-corrected chi connectivity index (χ2v) is 12.6. The monoisotopic (exact) mass is 625 g/mol. The van der Waals surface area contributed by atoms with Crippen molar-refractivity contribution in [2.75, 3.05) is 38.2 Å². The van der Waals surface area contributed by atoms with Crippen molar-refractivity contribution in [3.63, 3.8) is 0 Å². The number of nitrogens with zero attached hydrogens (tertiary/aromatic N) is 7. The molecule has 3 fully saturated rings. The Hall–Kier alpha value is -4.33. The van der Waals surface area contributed by atoms with Crippen LogP contribution in [0.1, 0.15) is 32.1 Å². The van der Waals surface area contributed by atoms with Gasteiger partial charge in [-0.05, 0) is 56.3 Å². The summed E-state index contributed by atoms with van der Waals surface area (Å²) in [5, 5.41) is 12.3. The third-order valence-corrected chi connectivity index (χ3v) is 10.1. The van der Waals surface area contributed by atoms with Crippen molar-refractivity contribution >= 4 is 45.0 Å². The third-order valence-electron chi connectivity index (χ3n) is 9.80. The molecule has 9 nitrogen and oxygen atoms in total. The van der Waals surface area contributed by atoms with E-state index in [0.29, 0.717) is 46.7 Å². The molecule has 0 saturated carbocycles. The molecule has 2 aromatic heterocycles. The van der Waals surface area contributed by atoms with Gasteiger partial charge < -0.3 is 14.5 Å². The molecule has 1 amide bonds. The van der Waals surface area contributed by atoms with Gasteiger partial charge in [0.2, 0.25) is 5.91 Å². The van der Waals surface area contributed by atoms with Crippen molar-refractivity contribution in [1.29, 1.82) is 5.26 Å². The zero-order chi connectivity index (χ0) is 31.3. The molecule has 0 unspecified atom stereocenters. The number of halogens is 2. The smallest absolute Gasteiger partial charge is 0.319 e. The minimum Gasteiger partial charge on any atom is -0.461 e. The molecule has 0 aliphatic carbocycles. The van der Waals surface area contributed by atoms with Gasteiger partial charge in [0.15, 0.2) is 5.82 Å². The summed E-state index contributed by atoms with van der Waals surface area (Å²) < 4.78 is 23.1. The van der Waals surface area contributed by atoms with Crippen LogP contribution in [0.25, 0.3) is 32.9 Å². The van der Waals surface area contributed by atoms with E-state index in [1.807, 2.05) is 36.2 Å². The van der Waals surface area contributed by atoms with Gasteiger partial charge in [0.05, 0.1) is 23.0 Å². The van der Waals surface area contributed by atoms with Gasteiger partial charge in [-0.3, -0.25) is 14.7 Å². The van der Waals surface area contributed by atoms with Crippen LogP contribution in [0.3, 0.4) is 0 Å². The van der Waals surface area contributed by atoms with Crippen LogP contribution in [0, 0.1) is 17.1 Å². The number of benzene rings is 2. The molecule has 4 aromatic rings. The average molecular weight is 626 g/mol. The molecule has 3 aliphatic heterocycles. The first-order valence-corrected chi connectivity index (χ1v) is 15.7. The number of likely N-dealkylation sites (N-methyl/N-ethyl adjacent to an activating group) is 1. The van der Waals surface area contributed by atoms with Gasteiger partial charge in [-0.15, -0.1) is 0 Å². The molecule has 3 saturated heterocycles. The van der Waals surface area contributed by atoms with Gasteiger partial charge in [0, 0.05) is 42.2 Å². The predicted octanol–water partition coefficient (Wildman–Crippen LogP) is 5.76. The predicted molar refractivity (Wildman–Crippen MR) is 172 cm³/mol. The average Bonchev–Trinajstić information content (AvgIpc) is 3.78. The van der Waals surface area contributed by atoms with Crippen LogP contribution >= 0.6 is 11.6 Å². The van der Waals surface area contributed by atoms with E-state index < -0.39 is 11.9 Å². The summed E-state index contributed by atoms with van der Waals surface area (Å²) in [5.74, 6) is -0.490. The molecule has 230 valence electrons.